The molecule has 0 nitrogen and oxygen atoms in total. The van der Waals surface area contributed by atoms with Crippen LogP contribution in [0.1, 0.15) is 24.8 Å². The Morgan fingerprint density at radius 2 is 1.83 bits per heavy atom. The Bertz CT molecular complexity index is 193. The van der Waals surface area contributed by atoms with Gasteiger partial charge in [0.05, 0.1) is 0 Å². The van der Waals surface area contributed by atoms with Crippen LogP contribution < -0.4 is 0 Å². The summed E-state index contributed by atoms with van der Waals surface area (Å²) in [5.41, 5.74) is 1.31. The van der Waals surface area contributed by atoms with Crippen molar-refractivity contribution in [2.45, 2.75) is 19.3 Å². The average Bonchev–Trinajstić information content (AvgIpc) is 2.14. The smallest absolute Gasteiger partial charge is 0.0223 e. The molecule has 0 fully saturated rings. The van der Waals surface area contributed by atoms with Crippen molar-refractivity contribution >= 4 is 11.6 Å². The van der Waals surface area contributed by atoms with Gasteiger partial charge in [-0.3, -0.25) is 0 Å². The quantitative estimate of drug-likeness (QED) is 0.481. The van der Waals surface area contributed by atoms with Gasteiger partial charge in [0, 0.05) is 5.88 Å². The standard InChI is InChI=1S/C11H14Cl/c12-10-6-2-5-9-11-7-3-1-4-8-11/h1,3-4,7-9H,2,5-6,10H2. The van der Waals surface area contributed by atoms with Gasteiger partial charge < -0.3 is 0 Å². The summed E-state index contributed by atoms with van der Waals surface area (Å²) in [5, 5.41) is 0. The van der Waals surface area contributed by atoms with Gasteiger partial charge >= 0.3 is 0 Å². The molecule has 1 rings (SSSR count). The molecule has 0 heterocycles. The van der Waals surface area contributed by atoms with Crippen LogP contribution in [0.4, 0.5) is 0 Å². The number of alkyl halides is 1. The zero-order chi connectivity index (χ0) is 8.65. The SMILES string of the molecule is ClCCCC[CH]c1ccccc1. The van der Waals surface area contributed by atoms with Gasteiger partial charge in [0.2, 0.25) is 0 Å². The predicted molar refractivity (Wildman–Crippen MR) is 54.4 cm³/mol. The highest BCUT2D eigenvalue weighted by Gasteiger charge is 1.91. The highest BCUT2D eigenvalue weighted by atomic mass is 35.5. The van der Waals surface area contributed by atoms with Crippen molar-refractivity contribution in [2.75, 3.05) is 5.88 Å². The third kappa shape index (κ3) is 3.77. The number of halogens is 1. The van der Waals surface area contributed by atoms with Crippen LogP contribution in [-0.4, -0.2) is 5.88 Å². The monoisotopic (exact) mass is 181 g/mol. The van der Waals surface area contributed by atoms with E-state index < -0.39 is 0 Å². The highest BCUT2D eigenvalue weighted by molar-refractivity contribution is 6.17. The van der Waals surface area contributed by atoms with E-state index >= 15 is 0 Å². The summed E-state index contributed by atoms with van der Waals surface area (Å²) in [6.07, 6.45) is 5.70. The fraction of sp³-hybridized carbons (Fsp3) is 0.364. The van der Waals surface area contributed by atoms with E-state index in [2.05, 4.69) is 30.7 Å². The van der Waals surface area contributed by atoms with Crippen LogP contribution in [0.15, 0.2) is 30.3 Å². The van der Waals surface area contributed by atoms with Crippen LogP contribution in [0.2, 0.25) is 0 Å². The van der Waals surface area contributed by atoms with Gasteiger partial charge in [0.1, 0.15) is 0 Å². The summed E-state index contributed by atoms with van der Waals surface area (Å²) < 4.78 is 0. The molecule has 0 aliphatic rings. The first-order valence-corrected chi connectivity index (χ1v) is 4.91. The summed E-state index contributed by atoms with van der Waals surface area (Å²) in [4.78, 5) is 0. The van der Waals surface area contributed by atoms with Gasteiger partial charge in [0.15, 0.2) is 0 Å². The van der Waals surface area contributed by atoms with E-state index in [4.69, 9.17) is 11.6 Å². The summed E-state index contributed by atoms with van der Waals surface area (Å²) in [5.74, 6) is 0.780. The Kier molecular flexibility index (Phi) is 4.86. The largest absolute Gasteiger partial charge is 0.127 e. The minimum atomic E-state index is 0.780. The van der Waals surface area contributed by atoms with Gasteiger partial charge in [0.25, 0.3) is 0 Å². The normalized spacial score (nSPS) is 10.1. The zero-order valence-electron chi connectivity index (χ0n) is 7.17. The van der Waals surface area contributed by atoms with Crippen molar-refractivity contribution < 1.29 is 0 Å². The van der Waals surface area contributed by atoms with E-state index in [0.717, 1.165) is 18.7 Å². The first-order valence-electron chi connectivity index (χ1n) is 4.37. The van der Waals surface area contributed by atoms with E-state index in [1.165, 1.54) is 12.0 Å². The summed E-state index contributed by atoms with van der Waals surface area (Å²) in [7, 11) is 0. The van der Waals surface area contributed by atoms with Crippen molar-refractivity contribution in [3.8, 4) is 0 Å². The lowest BCUT2D eigenvalue weighted by Gasteiger charge is -1.98. The Labute approximate surface area is 79.6 Å². The summed E-state index contributed by atoms with van der Waals surface area (Å²) in [6, 6.07) is 10.4. The van der Waals surface area contributed by atoms with Gasteiger partial charge in [-0.15, -0.1) is 11.6 Å². The Balaban J connectivity index is 2.16. The second-order valence-electron chi connectivity index (χ2n) is 2.80. The lowest BCUT2D eigenvalue weighted by molar-refractivity contribution is 0.795. The van der Waals surface area contributed by atoms with Crippen molar-refractivity contribution in [1.29, 1.82) is 0 Å². The number of hydrogen-bond acceptors (Lipinski definition) is 0. The van der Waals surface area contributed by atoms with Crippen LogP contribution >= 0.6 is 11.6 Å². The molecule has 0 saturated heterocycles. The maximum atomic E-state index is 5.57. The van der Waals surface area contributed by atoms with Crippen LogP contribution in [0.25, 0.3) is 0 Å². The molecule has 0 bridgehead atoms. The fourth-order valence-electron chi connectivity index (χ4n) is 1.10. The van der Waals surface area contributed by atoms with E-state index in [0.29, 0.717) is 0 Å². The topological polar surface area (TPSA) is 0 Å². The summed E-state index contributed by atoms with van der Waals surface area (Å²) in [6.45, 7) is 0. The van der Waals surface area contributed by atoms with E-state index in [-0.39, 0.29) is 0 Å². The molecule has 0 atom stereocenters. The van der Waals surface area contributed by atoms with Crippen LogP contribution in [0, 0.1) is 6.42 Å². The molecule has 0 aromatic heterocycles. The molecule has 1 radical (unpaired) electrons. The second-order valence-corrected chi connectivity index (χ2v) is 3.18. The average molecular weight is 182 g/mol. The molecule has 0 aliphatic heterocycles. The first-order chi connectivity index (χ1) is 5.93. The molecule has 0 N–H and O–H groups in total. The predicted octanol–water partition coefficient (Wildman–Crippen LogP) is 3.65. The van der Waals surface area contributed by atoms with Crippen LogP contribution in [0.5, 0.6) is 0 Å². The third-order valence-corrected chi connectivity index (χ3v) is 2.03. The minimum Gasteiger partial charge on any atom is -0.127 e. The van der Waals surface area contributed by atoms with Crippen LogP contribution in [-0.2, 0) is 0 Å². The second kappa shape index (κ2) is 6.07. The molecule has 1 aromatic rings. The summed E-state index contributed by atoms with van der Waals surface area (Å²) >= 11 is 5.57. The molecular formula is C11H14Cl. The number of unbranched alkanes of at least 4 members (excludes halogenated alkanes) is 2. The Hall–Kier alpha value is -0.490. The Morgan fingerprint density at radius 3 is 2.50 bits per heavy atom. The molecule has 0 saturated carbocycles. The number of hydrogen-bond donors (Lipinski definition) is 0. The third-order valence-electron chi connectivity index (χ3n) is 1.77. The first kappa shape index (κ1) is 9.60. The maximum Gasteiger partial charge on any atom is 0.0223 e. The molecule has 0 amide bonds. The fourth-order valence-corrected chi connectivity index (χ4v) is 1.29. The minimum absolute atomic E-state index is 0.780. The molecule has 1 aromatic carbocycles. The van der Waals surface area contributed by atoms with Crippen molar-refractivity contribution in [1.82, 2.24) is 0 Å². The molecule has 0 spiro atoms. The van der Waals surface area contributed by atoms with Crippen molar-refractivity contribution in [3.05, 3.63) is 42.3 Å². The van der Waals surface area contributed by atoms with Crippen molar-refractivity contribution in [3.63, 3.8) is 0 Å². The lowest BCUT2D eigenvalue weighted by atomic mass is 10.1. The molecule has 0 unspecified atom stereocenters. The molecule has 0 aliphatic carbocycles. The molecule has 1 heteroatoms. The van der Waals surface area contributed by atoms with Crippen molar-refractivity contribution in [2.24, 2.45) is 0 Å². The molecule has 12 heavy (non-hydrogen) atoms. The van der Waals surface area contributed by atoms with Gasteiger partial charge in [-0.05, 0) is 24.8 Å². The van der Waals surface area contributed by atoms with Gasteiger partial charge in [-0.2, -0.15) is 0 Å². The molecule has 65 valence electrons. The van der Waals surface area contributed by atoms with Gasteiger partial charge in [-0.1, -0.05) is 36.8 Å². The van der Waals surface area contributed by atoms with E-state index in [1.807, 2.05) is 6.07 Å². The number of rotatable bonds is 5. The Morgan fingerprint density at radius 1 is 1.08 bits per heavy atom. The maximum absolute atomic E-state index is 5.57. The number of benzene rings is 1. The molecular weight excluding hydrogens is 168 g/mol. The zero-order valence-corrected chi connectivity index (χ0v) is 7.93. The van der Waals surface area contributed by atoms with Crippen LogP contribution in [0.3, 0.4) is 0 Å². The highest BCUT2D eigenvalue weighted by Crippen LogP contribution is 2.08. The van der Waals surface area contributed by atoms with E-state index in [9.17, 15) is 0 Å². The lowest BCUT2D eigenvalue weighted by Crippen LogP contribution is -1.82. The van der Waals surface area contributed by atoms with E-state index in [1.54, 1.807) is 0 Å². The van der Waals surface area contributed by atoms with Gasteiger partial charge in [-0.25, -0.2) is 0 Å².